The molecule has 0 unspecified atom stereocenters. The van der Waals surface area contributed by atoms with Crippen molar-refractivity contribution in [2.24, 2.45) is 0 Å². The van der Waals surface area contributed by atoms with E-state index in [1.165, 1.54) is 5.56 Å². The molecule has 0 atom stereocenters. The molecule has 0 radical (unpaired) electrons. The monoisotopic (exact) mass is 375 g/mol. The molecule has 0 fully saturated rings. The van der Waals surface area contributed by atoms with Crippen molar-refractivity contribution in [3.05, 3.63) is 58.6 Å². The lowest BCUT2D eigenvalue weighted by Gasteiger charge is -2.11. The fourth-order valence-corrected chi connectivity index (χ4v) is 2.59. The Hall–Kier alpha value is -2.20. The van der Waals surface area contributed by atoms with Crippen LogP contribution in [0.1, 0.15) is 31.4 Å². The summed E-state index contributed by atoms with van der Waals surface area (Å²) in [7, 11) is 0. The standard InChI is InChI=1S/C21H26ClNO3/c1-15(2)26-19-8-4-6-17(13-19)7-5-11-23-21(24)14-25-18-9-10-20(22)16(3)12-18/h4,6,8-10,12-13,15H,5,7,11,14H2,1-3H3,(H,23,24). The zero-order valence-corrected chi connectivity index (χ0v) is 16.3. The molecular weight excluding hydrogens is 350 g/mol. The van der Waals surface area contributed by atoms with E-state index in [9.17, 15) is 4.79 Å². The molecule has 1 amide bonds. The van der Waals surface area contributed by atoms with Gasteiger partial charge in [0, 0.05) is 11.6 Å². The Kier molecular flexibility index (Phi) is 7.79. The second kappa shape index (κ2) is 10.1. The number of halogens is 1. The molecule has 26 heavy (non-hydrogen) atoms. The third-order valence-corrected chi connectivity index (χ3v) is 4.16. The Morgan fingerprint density at radius 3 is 2.69 bits per heavy atom. The Labute approximate surface area is 160 Å². The number of hydrogen-bond donors (Lipinski definition) is 1. The smallest absolute Gasteiger partial charge is 0.257 e. The summed E-state index contributed by atoms with van der Waals surface area (Å²) in [5, 5.41) is 3.56. The first-order valence-corrected chi connectivity index (χ1v) is 9.23. The summed E-state index contributed by atoms with van der Waals surface area (Å²) in [6.07, 6.45) is 1.90. The first kappa shape index (κ1) is 20.1. The minimum Gasteiger partial charge on any atom is -0.491 e. The van der Waals surface area contributed by atoms with Gasteiger partial charge in [-0.3, -0.25) is 4.79 Å². The summed E-state index contributed by atoms with van der Waals surface area (Å²) in [6.45, 7) is 6.53. The highest BCUT2D eigenvalue weighted by Gasteiger charge is 2.04. The number of carbonyl (C=O) groups excluding carboxylic acids is 1. The normalized spacial score (nSPS) is 10.7. The Balaban J connectivity index is 1.67. The van der Waals surface area contributed by atoms with Gasteiger partial charge in [0.2, 0.25) is 0 Å². The second-order valence-corrected chi connectivity index (χ2v) is 6.87. The SMILES string of the molecule is Cc1cc(OCC(=O)NCCCc2cccc(OC(C)C)c2)ccc1Cl. The number of nitrogens with one attached hydrogen (secondary N) is 1. The van der Waals surface area contributed by atoms with Crippen molar-refractivity contribution in [3.8, 4) is 11.5 Å². The quantitative estimate of drug-likeness (QED) is 0.653. The molecule has 5 heteroatoms. The zero-order valence-electron chi connectivity index (χ0n) is 15.5. The van der Waals surface area contributed by atoms with Crippen molar-refractivity contribution in [1.82, 2.24) is 5.32 Å². The number of aryl methyl sites for hydroxylation is 2. The molecule has 0 saturated carbocycles. The highest BCUT2D eigenvalue weighted by atomic mass is 35.5. The van der Waals surface area contributed by atoms with Crippen molar-refractivity contribution in [1.29, 1.82) is 0 Å². The number of rotatable bonds is 9. The van der Waals surface area contributed by atoms with Gasteiger partial charge in [0.15, 0.2) is 6.61 Å². The number of benzene rings is 2. The van der Waals surface area contributed by atoms with E-state index in [4.69, 9.17) is 21.1 Å². The van der Waals surface area contributed by atoms with Crippen molar-refractivity contribution < 1.29 is 14.3 Å². The molecule has 0 aliphatic carbocycles. The molecule has 0 heterocycles. The van der Waals surface area contributed by atoms with Gasteiger partial charge in [-0.2, -0.15) is 0 Å². The van der Waals surface area contributed by atoms with Gasteiger partial charge in [0.1, 0.15) is 11.5 Å². The molecule has 2 aromatic carbocycles. The maximum Gasteiger partial charge on any atom is 0.257 e. The van der Waals surface area contributed by atoms with Gasteiger partial charge in [0.05, 0.1) is 6.10 Å². The van der Waals surface area contributed by atoms with Gasteiger partial charge in [0.25, 0.3) is 5.91 Å². The topological polar surface area (TPSA) is 47.6 Å². The van der Waals surface area contributed by atoms with Crippen molar-refractivity contribution >= 4 is 17.5 Å². The van der Waals surface area contributed by atoms with Crippen LogP contribution < -0.4 is 14.8 Å². The fourth-order valence-electron chi connectivity index (χ4n) is 2.47. The first-order chi connectivity index (χ1) is 12.4. The number of amides is 1. The molecule has 0 saturated heterocycles. The van der Waals surface area contributed by atoms with Crippen LogP contribution in [0.15, 0.2) is 42.5 Å². The maximum atomic E-state index is 11.9. The molecule has 0 aliphatic rings. The van der Waals surface area contributed by atoms with Crippen LogP contribution >= 0.6 is 11.6 Å². The summed E-state index contributed by atoms with van der Waals surface area (Å²) in [5.41, 5.74) is 2.12. The van der Waals surface area contributed by atoms with Crippen LogP contribution in [0, 0.1) is 6.92 Å². The summed E-state index contributed by atoms with van der Waals surface area (Å²) >= 11 is 5.97. The van der Waals surface area contributed by atoms with Crippen LogP contribution in [0.2, 0.25) is 5.02 Å². The second-order valence-electron chi connectivity index (χ2n) is 6.47. The lowest BCUT2D eigenvalue weighted by molar-refractivity contribution is -0.123. The van der Waals surface area contributed by atoms with E-state index in [0.717, 1.165) is 24.2 Å². The largest absolute Gasteiger partial charge is 0.491 e. The molecule has 0 aromatic heterocycles. The van der Waals surface area contributed by atoms with E-state index >= 15 is 0 Å². The average Bonchev–Trinajstić information content (AvgIpc) is 2.59. The maximum absolute atomic E-state index is 11.9. The molecule has 1 N–H and O–H groups in total. The average molecular weight is 376 g/mol. The highest BCUT2D eigenvalue weighted by Crippen LogP contribution is 2.21. The van der Waals surface area contributed by atoms with E-state index < -0.39 is 0 Å². The molecule has 140 valence electrons. The van der Waals surface area contributed by atoms with Gasteiger partial charge >= 0.3 is 0 Å². The van der Waals surface area contributed by atoms with E-state index in [1.807, 2.05) is 45.0 Å². The summed E-state index contributed by atoms with van der Waals surface area (Å²) in [4.78, 5) is 11.9. The van der Waals surface area contributed by atoms with E-state index in [-0.39, 0.29) is 18.6 Å². The Morgan fingerprint density at radius 1 is 1.15 bits per heavy atom. The predicted molar refractivity (Wildman–Crippen MR) is 105 cm³/mol. The molecule has 2 aromatic rings. The van der Waals surface area contributed by atoms with Crippen molar-refractivity contribution in [2.45, 2.75) is 39.7 Å². The minimum absolute atomic E-state index is 0.00120. The molecule has 0 spiro atoms. The summed E-state index contributed by atoms with van der Waals surface area (Å²) in [5.74, 6) is 1.40. The van der Waals surface area contributed by atoms with Crippen LogP contribution in [0.3, 0.4) is 0 Å². The van der Waals surface area contributed by atoms with Crippen LogP contribution in [0.4, 0.5) is 0 Å². The van der Waals surface area contributed by atoms with Gasteiger partial charge in [-0.05, 0) is 75.1 Å². The van der Waals surface area contributed by atoms with E-state index in [0.29, 0.717) is 17.3 Å². The number of hydrogen-bond acceptors (Lipinski definition) is 3. The fraction of sp³-hybridized carbons (Fsp3) is 0.381. The summed E-state index contributed by atoms with van der Waals surface area (Å²) in [6, 6.07) is 13.4. The van der Waals surface area contributed by atoms with Crippen LogP contribution in [-0.2, 0) is 11.2 Å². The minimum atomic E-state index is -0.130. The summed E-state index contributed by atoms with van der Waals surface area (Å²) < 4.78 is 11.2. The van der Waals surface area contributed by atoms with Crippen LogP contribution in [0.5, 0.6) is 11.5 Å². The Morgan fingerprint density at radius 2 is 1.96 bits per heavy atom. The van der Waals surface area contributed by atoms with Crippen LogP contribution in [-0.4, -0.2) is 25.2 Å². The molecule has 4 nitrogen and oxygen atoms in total. The molecule has 0 bridgehead atoms. The van der Waals surface area contributed by atoms with Gasteiger partial charge in [-0.1, -0.05) is 23.7 Å². The molecule has 0 aliphatic heterocycles. The lowest BCUT2D eigenvalue weighted by atomic mass is 10.1. The van der Waals surface area contributed by atoms with Gasteiger partial charge in [-0.25, -0.2) is 0 Å². The first-order valence-electron chi connectivity index (χ1n) is 8.85. The van der Waals surface area contributed by atoms with Crippen LogP contribution in [0.25, 0.3) is 0 Å². The zero-order chi connectivity index (χ0) is 18.9. The van der Waals surface area contributed by atoms with Gasteiger partial charge < -0.3 is 14.8 Å². The number of carbonyl (C=O) groups is 1. The van der Waals surface area contributed by atoms with Crippen molar-refractivity contribution in [2.75, 3.05) is 13.2 Å². The molecule has 2 rings (SSSR count). The molecular formula is C21H26ClNO3. The third kappa shape index (κ3) is 6.96. The highest BCUT2D eigenvalue weighted by molar-refractivity contribution is 6.31. The van der Waals surface area contributed by atoms with E-state index in [2.05, 4.69) is 11.4 Å². The van der Waals surface area contributed by atoms with Gasteiger partial charge in [-0.15, -0.1) is 0 Å². The predicted octanol–water partition coefficient (Wildman–Crippen LogP) is 4.56. The lowest BCUT2D eigenvalue weighted by Crippen LogP contribution is -2.29. The van der Waals surface area contributed by atoms with Crippen molar-refractivity contribution in [3.63, 3.8) is 0 Å². The number of ether oxygens (including phenoxy) is 2. The Bertz CT molecular complexity index is 731. The third-order valence-electron chi connectivity index (χ3n) is 3.73. The van der Waals surface area contributed by atoms with E-state index in [1.54, 1.807) is 12.1 Å².